The quantitative estimate of drug-likeness (QED) is 0.900. The van der Waals surface area contributed by atoms with Gasteiger partial charge in [-0.15, -0.1) is 0 Å². The SMILES string of the molecule is Cc1nn(Cc2cc(Cl)ccc2Cl)cc1CNC(C)(C)C. The van der Waals surface area contributed by atoms with Gasteiger partial charge in [0.1, 0.15) is 0 Å². The summed E-state index contributed by atoms with van der Waals surface area (Å²) in [6.07, 6.45) is 2.06. The monoisotopic (exact) mass is 325 g/mol. The molecule has 1 aromatic heterocycles. The minimum atomic E-state index is 0.0881. The molecule has 0 aliphatic heterocycles. The van der Waals surface area contributed by atoms with Crippen LogP contribution in [0.2, 0.25) is 10.0 Å². The fraction of sp³-hybridized carbons (Fsp3) is 0.438. The number of nitrogens with zero attached hydrogens (tertiary/aromatic N) is 2. The van der Waals surface area contributed by atoms with Crippen LogP contribution in [0.3, 0.4) is 0 Å². The van der Waals surface area contributed by atoms with E-state index >= 15 is 0 Å². The highest BCUT2D eigenvalue weighted by molar-refractivity contribution is 6.33. The average Bonchev–Trinajstić information content (AvgIpc) is 2.71. The van der Waals surface area contributed by atoms with Crippen molar-refractivity contribution >= 4 is 23.2 Å². The molecule has 3 nitrogen and oxygen atoms in total. The van der Waals surface area contributed by atoms with E-state index in [2.05, 4.69) is 37.4 Å². The predicted molar refractivity (Wildman–Crippen MR) is 89.1 cm³/mol. The van der Waals surface area contributed by atoms with Gasteiger partial charge in [-0.05, 0) is 51.5 Å². The number of rotatable bonds is 4. The third-order valence-electron chi connectivity index (χ3n) is 3.20. The zero-order valence-corrected chi connectivity index (χ0v) is 14.4. The molecule has 1 heterocycles. The molecular weight excluding hydrogens is 305 g/mol. The van der Waals surface area contributed by atoms with Gasteiger partial charge in [-0.2, -0.15) is 5.10 Å². The Morgan fingerprint density at radius 2 is 1.90 bits per heavy atom. The van der Waals surface area contributed by atoms with Crippen LogP contribution in [0, 0.1) is 6.92 Å². The molecular formula is C16H21Cl2N3. The summed E-state index contributed by atoms with van der Waals surface area (Å²) in [6, 6.07) is 5.49. The summed E-state index contributed by atoms with van der Waals surface area (Å²) in [5, 5.41) is 9.43. The van der Waals surface area contributed by atoms with E-state index in [-0.39, 0.29) is 5.54 Å². The molecule has 1 aromatic carbocycles. The van der Waals surface area contributed by atoms with Crippen molar-refractivity contribution in [2.75, 3.05) is 0 Å². The topological polar surface area (TPSA) is 29.9 Å². The average molecular weight is 326 g/mol. The van der Waals surface area contributed by atoms with E-state index in [1.807, 2.05) is 23.7 Å². The first-order chi connectivity index (χ1) is 9.74. The molecule has 5 heteroatoms. The van der Waals surface area contributed by atoms with Gasteiger partial charge in [0.15, 0.2) is 0 Å². The van der Waals surface area contributed by atoms with Crippen molar-refractivity contribution < 1.29 is 0 Å². The molecule has 2 rings (SSSR count). The van der Waals surface area contributed by atoms with Gasteiger partial charge in [0.25, 0.3) is 0 Å². The summed E-state index contributed by atoms with van der Waals surface area (Å²) in [6.45, 7) is 9.90. The Morgan fingerprint density at radius 3 is 2.57 bits per heavy atom. The Hall–Kier alpha value is -1.03. The van der Waals surface area contributed by atoms with E-state index in [1.54, 1.807) is 6.07 Å². The molecule has 0 unspecified atom stereocenters. The lowest BCUT2D eigenvalue weighted by Crippen LogP contribution is -2.35. The maximum atomic E-state index is 6.20. The van der Waals surface area contributed by atoms with Crippen LogP contribution >= 0.6 is 23.2 Å². The fourth-order valence-electron chi connectivity index (χ4n) is 2.01. The predicted octanol–water partition coefficient (Wildman–Crippen LogP) is 4.43. The highest BCUT2D eigenvalue weighted by Crippen LogP contribution is 2.21. The van der Waals surface area contributed by atoms with Gasteiger partial charge in [-0.1, -0.05) is 23.2 Å². The standard InChI is InChI=1S/C16H21Cl2N3/c1-11-13(8-19-16(2,3)4)10-21(20-11)9-12-7-14(17)5-6-15(12)18/h5-7,10,19H,8-9H2,1-4H3. The van der Waals surface area contributed by atoms with E-state index in [0.717, 1.165) is 17.8 Å². The largest absolute Gasteiger partial charge is 0.308 e. The second-order valence-electron chi connectivity index (χ2n) is 6.28. The van der Waals surface area contributed by atoms with E-state index in [1.165, 1.54) is 5.56 Å². The highest BCUT2D eigenvalue weighted by atomic mass is 35.5. The molecule has 0 bridgehead atoms. The molecule has 0 fully saturated rings. The second kappa shape index (κ2) is 6.39. The van der Waals surface area contributed by atoms with Gasteiger partial charge in [0.2, 0.25) is 0 Å². The number of halogens is 2. The van der Waals surface area contributed by atoms with Gasteiger partial charge < -0.3 is 5.32 Å². The number of hydrogen-bond donors (Lipinski definition) is 1. The number of hydrogen-bond acceptors (Lipinski definition) is 2. The summed E-state index contributed by atoms with van der Waals surface area (Å²) >= 11 is 12.2. The Morgan fingerprint density at radius 1 is 1.19 bits per heavy atom. The van der Waals surface area contributed by atoms with Crippen LogP contribution < -0.4 is 5.32 Å². The number of benzene rings is 1. The van der Waals surface area contributed by atoms with Gasteiger partial charge in [0.05, 0.1) is 12.2 Å². The second-order valence-corrected chi connectivity index (χ2v) is 7.12. The molecule has 0 aliphatic rings. The zero-order valence-electron chi connectivity index (χ0n) is 12.9. The fourth-order valence-corrected chi connectivity index (χ4v) is 2.39. The Kier molecular flexibility index (Phi) is 4.97. The minimum Gasteiger partial charge on any atom is -0.308 e. The number of aryl methyl sites for hydroxylation is 1. The molecule has 1 N–H and O–H groups in total. The normalized spacial score (nSPS) is 11.9. The third-order valence-corrected chi connectivity index (χ3v) is 3.80. The Bertz CT molecular complexity index is 627. The summed E-state index contributed by atoms with van der Waals surface area (Å²) < 4.78 is 1.91. The van der Waals surface area contributed by atoms with Crippen molar-refractivity contribution in [3.8, 4) is 0 Å². The van der Waals surface area contributed by atoms with Crippen molar-refractivity contribution in [1.29, 1.82) is 0 Å². The van der Waals surface area contributed by atoms with Gasteiger partial charge in [0, 0.05) is 33.9 Å². The number of aromatic nitrogens is 2. The van der Waals surface area contributed by atoms with E-state index < -0.39 is 0 Å². The van der Waals surface area contributed by atoms with Crippen molar-refractivity contribution in [2.24, 2.45) is 0 Å². The van der Waals surface area contributed by atoms with Crippen LogP contribution in [0.25, 0.3) is 0 Å². The minimum absolute atomic E-state index is 0.0881. The van der Waals surface area contributed by atoms with E-state index in [9.17, 15) is 0 Å². The number of nitrogens with one attached hydrogen (secondary N) is 1. The lowest BCUT2D eigenvalue weighted by atomic mass is 10.1. The maximum Gasteiger partial charge on any atom is 0.0674 e. The van der Waals surface area contributed by atoms with E-state index in [0.29, 0.717) is 16.6 Å². The summed E-state index contributed by atoms with van der Waals surface area (Å²) in [4.78, 5) is 0. The molecule has 114 valence electrons. The van der Waals surface area contributed by atoms with Crippen LogP contribution in [0.15, 0.2) is 24.4 Å². The highest BCUT2D eigenvalue weighted by Gasteiger charge is 2.12. The van der Waals surface area contributed by atoms with Gasteiger partial charge in [-0.3, -0.25) is 4.68 Å². The Labute approximate surface area is 136 Å². The first-order valence-electron chi connectivity index (χ1n) is 6.96. The van der Waals surface area contributed by atoms with Gasteiger partial charge in [-0.25, -0.2) is 0 Å². The smallest absolute Gasteiger partial charge is 0.0674 e. The van der Waals surface area contributed by atoms with Crippen molar-refractivity contribution in [3.63, 3.8) is 0 Å². The molecule has 0 spiro atoms. The van der Waals surface area contributed by atoms with Gasteiger partial charge >= 0.3 is 0 Å². The summed E-state index contributed by atoms with van der Waals surface area (Å²) in [7, 11) is 0. The van der Waals surface area contributed by atoms with E-state index in [4.69, 9.17) is 23.2 Å². The first kappa shape index (κ1) is 16.3. The lowest BCUT2D eigenvalue weighted by Gasteiger charge is -2.20. The van der Waals surface area contributed by atoms with Crippen LogP contribution in [0.4, 0.5) is 0 Å². The van der Waals surface area contributed by atoms with Crippen LogP contribution in [-0.2, 0) is 13.1 Å². The molecule has 2 aromatic rings. The Balaban J connectivity index is 2.13. The molecule has 0 saturated heterocycles. The van der Waals surface area contributed by atoms with Crippen LogP contribution in [0.1, 0.15) is 37.6 Å². The van der Waals surface area contributed by atoms with Crippen molar-refractivity contribution in [2.45, 2.75) is 46.3 Å². The molecule has 0 radical (unpaired) electrons. The van der Waals surface area contributed by atoms with Crippen molar-refractivity contribution in [3.05, 3.63) is 51.3 Å². The lowest BCUT2D eigenvalue weighted by molar-refractivity contribution is 0.423. The van der Waals surface area contributed by atoms with Crippen molar-refractivity contribution in [1.82, 2.24) is 15.1 Å². The summed E-state index contributed by atoms with van der Waals surface area (Å²) in [5.74, 6) is 0. The van der Waals surface area contributed by atoms with Crippen LogP contribution in [-0.4, -0.2) is 15.3 Å². The zero-order chi connectivity index (χ0) is 15.6. The molecule has 0 amide bonds. The molecule has 0 saturated carbocycles. The van der Waals surface area contributed by atoms with Crippen LogP contribution in [0.5, 0.6) is 0 Å². The molecule has 21 heavy (non-hydrogen) atoms. The molecule has 0 aliphatic carbocycles. The maximum absolute atomic E-state index is 6.20. The molecule has 0 atom stereocenters. The third kappa shape index (κ3) is 4.73. The summed E-state index contributed by atoms with van der Waals surface area (Å²) in [5.41, 5.74) is 3.29. The first-order valence-corrected chi connectivity index (χ1v) is 7.72.